The van der Waals surface area contributed by atoms with E-state index in [9.17, 15) is 4.79 Å². The first-order valence-electron chi connectivity index (χ1n) is 9.33. The smallest absolute Gasteiger partial charge is 0.273 e. The number of aryl methyl sites for hydroxylation is 3. The molecule has 146 valence electrons. The third-order valence-corrected chi connectivity index (χ3v) is 5.63. The lowest BCUT2D eigenvalue weighted by atomic mass is 10.0. The summed E-state index contributed by atoms with van der Waals surface area (Å²) in [5.74, 6) is 0.323. The summed E-state index contributed by atoms with van der Waals surface area (Å²) in [7, 11) is 0. The Balaban J connectivity index is 1.40. The van der Waals surface area contributed by atoms with Crippen molar-refractivity contribution in [2.75, 3.05) is 0 Å². The molecule has 2 aromatic carbocycles. The number of aromatic nitrogens is 2. The molecule has 0 saturated heterocycles. The van der Waals surface area contributed by atoms with Gasteiger partial charge in [-0.15, -0.1) is 11.3 Å². The van der Waals surface area contributed by atoms with Gasteiger partial charge in [-0.25, -0.2) is 4.98 Å². The molecule has 5 nitrogen and oxygen atoms in total. The Morgan fingerprint density at radius 1 is 1.00 bits per heavy atom. The van der Waals surface area contributed by atoms with Gasteiger partial charge in [-0.1, -0.05) is 41.6 Å². The van der Waals surface area contributed by atoms with Crippen molar-refractivity contribution in [2.24, 2.45) is 0 Å². The van der Waals surface area contributed by atoms with Gasteiger partial charge in [-0.05, 0) is 43.5 Å². The lowest BCUT2D eigenvalue weighted by Crippen LogP contribution is -2.22. The van der Waals surface area contributed by atoms with Crippen LogP contribution in [-0.4, -0.2) is 16.0 Å². The quantitative estimate of drug-likeness (QED) is 0.490. The predicted octanol–water partition coefficient (Wildman–Crippen LogP) is 5.32. The highest BCUT2D eigenvalue weighted by atomic mass is 32.1. The number of carbonyl (C=O) groups excluding carboxylic acids is 1. The fourth-order valence-electron chi connectivity index (χ4n) is 2.98. The molecule has 4 aromatic rings. The molecular weight excluding hydrogens is 382 g/mol. The number of nitrogens with one attached hydrogen (secondary N) is 1. The molecule has 0 bridgehead atoms. The van der Waals surface area contributed by atoms with Gasteiger partial charge in [0.25, 0.3) is 5.91 Å². The average Bonchev–Trinajstić information content (AvgIpc) is 3.38. The number of thiazole rings is 1. The minimum atomic E-state index is -0.261. The largest absolute Gasteiger partial charge is 0.355 e. The number of benzene rings is 2. The van der Waals surface area contributed by atoms with Crippen LogP contribution in [0.25, 0.3) is 22.6 Å². The Labute approximate surface area is 173 Å². The first kappa shape index (κ1) is 19.1. The summed E-state index contributed by atoms with van der Waals surface area (Å²) in [5, 5.41) is 9.90. The highest BCUT2D eigenvalue weighted by Crippen LogP contribution is 2.24. The van der Waals surface area contributed by atoms with E-state index in [-0.39, 0.29) is 11.6 Å². The maximum atomic E-state index is 12.4. The van der Waals surface area contributed by atoms with Crippen LogP contribution in [0.5, 0.6) is 0 Å². The highest BCUT2D eigenvalue weighted by molar-refractivity contribution is 7.09. The second-order valence-corrected chi connectivity index (χ2v) is 8.07. The van der Waals surface area contributed by atoms with Gasteiger partial charge in [-0.3, -0.25) is 4.79 Å². The minimum absolute atomic E-state index is 0.261. The van der Waals surface area contributed by atoms with E-state index in [1.807, 2.05) is 61.7 Å². The van der Waals surface area contributed by atoms with Crippen LogP contribution in [0.2, 0.25) is 0 Å². The van der Waals surface area contributed by atoms with Gasteiger partial charge in [0.1, 0.15) is 0 Å². The maximum Gasteiger partial charge on any atom is 0.273 e. The summed E-state index contributed by atoms with van der Waals surface area (Å²) >= 11 is 1.63. The first-order chi connectivity index (χ1) is 14.0. The van der Waals surface area contributed by atoms with E-state index in [4.69, 9.17) is 4.52 Å². The molecule has 4 rings (SSSR count). The molecule has 0 aliphatic rings. The molecule has 2 aromatic heterocycles. The maximum absolute atomic E-state index is 12.4. The minimum Gasteiger partial charge on any atom is -0.355 e. The van der Waals surface area contributed by atoms with Crippen LogP contribution in [0, 0.1) is 20.8 Å². The van der Waals surface area contributed by atoms with E-state index in [0.29, 0.717) is 12.3 Å². The molecule has 6 heteroatoms. The van der Waals surface area contributed by atoms with Crippen molar-refractivity contribution in [3.05, 3.63) is 81.3 Å². The molecule has 0 radical (unpaired) electrons. The zero-order valence-corrected chi connectivity index (χ0v) is 17.3. The molecule has 29 heavy (non-hydrogen) atoms. The van der Waals surface area contributed by atoms with Crippen molar-refractivity contribution < 1.29 is 9.32 Å². The molecule has 0 aliphatic heterocycles. The van der Waals surface area contributed by atoms with E-state index in [0.717, 1.165) is 27.4 Å². The van der Waals surface area contributed by atoms with Crippen LogP contribution in [0.3, 0.4) is 0 Å². The Kier molecular flexibility index (Phi) is 5.27. The number of nitrogens with zero attached hydrogens (tertiary/aromatic N) is 2. The molecule has 1 amide bonds. The summed E-state index contributed by atoms with van der Waals surface area (Å²) in [5.41, 5.74) is 6.61. The number of amides is 1. The van der Waals surface area contributed by atoms with Crippen molar-refractivity contribution in [3.63, 3.8) is 0 Å². The normalized spacial score (nSPS) is 10.9. The van der Waals surface area contributed by atoms with E-state index < -0.39 is 0 Å². The Morgan fingerprint density at radius 3 is 2.45 bits per heavy atom. The van der Waals surface area contributed by atoms with Gasteiger partial charge in [0.05, 0.1) is 10.7 Å². The lowest BCUT2D eigenvalue weighted by Gasteiger charge is -2.04. The van der Waals surface area contributed by atoms with Crippen LogP contribution in [0.4, 0.5) is 0 Å². The van der Waals surface area contributed by atoms with Crippen LogP contribution in [0.15, 0.2) is 58.4 Å². The summed E-state index contributed by atoms with van der Waals surface area (Å²) < 4.78 is 5.37. The van der Waals surface area contributed by atoms with Gasteiger partial charge in [0.2, 0.25) is 0 Å². The van der Waals surface area contributed by atoms with Crippen LogP contribution < -0.4 is 5.32 Å². The van der Waals surface area contributed by atoms with E-state index >= 15 is 0 Å². The number of rotatable bonds is 5. The molecule has 0 spiro atoms. The predicted molar refractivity (Wildman–Crippen MR) is 115 cm³/mol. The van der Waals surface area contributed by atoms with Crippen LogP contribution in [0.1, 0.15) is 32.2 Å². The monoisotopic (exact) mass is 403 g/mol. The molecule has 0 aliphatic carbocycles. The third-order valence-electron chi connectivity index (χ3n) is 4.86. The molecule has 0 atom stereocenters. The van der Waals surface area contributed by atoms with Crippen molar-refractivity contribution in [3.8, 4) is 22.6 Å². The van der Waals surface area contributed by atoms with Gasteiger partial charge in [0.15, 0.2) is 11.5 Å². The summed E-state index contributed by atoms with van der Waals surface area (Å²) in [4.78, 5) is 16.9. The Hall–Kier alpha value is -3.25. The first-order valence-corrected chi connectivity index (χ1v) is 10.2. The summed E-state index contributed by atoms with van der Waals surface area (Å²) in [6.07, 6.45) is 0. The Bertz CT molecular complexity index is 1160. The van der Waals surface area contributed by atoms with Gasteiger partial charge < -0.3 is 9.84 Å². The standard InChI is InChI=1S/C23H21N3O2S/c1-14-4-7-19(10-15(14)2)22-11-20(26-28-22)23(27)24-12-17-5-8-18(9-6-17)21-13-29-16(3)25-21/h4-11,13H,12H2,1-3H3,(H,24,27). The SMILES string of the molecule is Cc1nc(-c2ccc(CNC(=O)c3cc(-c4ccc(C)c(C)c4)on3)cc2)cs1. The van der Waals surface area contributed by atoms with Crippen molar-refractivity contribution >= 4 is 17.2 Å². The molecule has 0 unspecified atom stereocenters. The molecular formula is C23H21N3O2S. The lowest BCUT2D eigenvalue weighted by molar-refractivity contribution is 0.0942. The molecule has 2 heterocycles. The summed E-state index contributed by atoms with van der Waals surface area (Å²) in [6, 6.07) is 15.7. The van der Waals surface area contributed by atoms with Crippen LogP contribution >= 0.6 is 11.3 Å². The zero-order valence-electron chi connectivity index (χ0n) is 16.5. The van der Waals surface area contributed by atoms with Crippen LogP contribution in [-0.2, 0) is 6.54 Å². The summed E-state index contributed by atoms with van der Waals surface area (Å²) in [6.45, 7) is 6.51. The van der Waals surface area contributed by atoms with Crippen molar-refractivity contribution in [1.29, 1.82) is 0 Å². The Morgan fingerprint density at radius 2 is 1.76 bits per heavy atom. The van der Waals surface area contributed by atoms with Gasteiger partial charge >= 0.3 is 0 Å². The third kappa shape index (κ3) is 4.27. The van der Waals surface area contributed by atoms with Gasteiger partial charge in [-0.2, -0.15) is 0 Å². The topological polar surface area (TPSA) is 68.0 Å². The molecule has 1 N–H and O–H groups in total. The number of hydrogen-bond acceptors (Lipinski definition) is 5. The molecule has 0 fully saturated rings. The second-order valence-electron chi connectivity index (χ2n) is 7.01. The van der Waals surface area contributed by atoms with Crippen molar-refractivity contribution in [2.45, 2.75) is 27.3 Å². The average molecular weight is 404 g/mol. The number of carbonyl (C=O) groups is 1. The van der Waals surface area contributed by atoms with E-state index in [1.54, 1.807) is 17.4 Å². The van der Waals surface area contributed by atoms with E-state index in [2.05, 4.69) is 22.4 Å². The second kappa shape index (κ2) is 8.01. The van der Waals surface area contributed by atoms with Crippen molar-refractivity contribution in [1.82, 2.24) is 15.5 Å². The highest BCUT2D eigenvalue weighted by Gasteiger charge is 2.14. The molecule has 0 saturated carbocycles. The van der Waals surface area contributed by atoms with E-state index in [1.165, 1.54) is 11.1 Å². The number of hydrogen-bond donors (Lipinski definition) is 1. The fourth-order valence-corrected chi connectivity index (χ4v) is 3.60. The zero-order chi connectivity index (χ0) is 20.4. The fraction of sp³-hybridized carbons (Fsp3) is 0.174. The van der Waals surface area contributed by atoms with Gasteiger partial charge in [0, 0.05) is 29.1 Å².